The molecule has 0 aliphatic carbocycles. The molecule has 2 rings (SSSR count). The van der Waals surface area contributed by atoms with E-state index in [0.29, 0.717) is 11.0 Å². The first-order valence-corrected chi connectivity index (χ1v) is 6.21. The monoisotopic (exact) mass is 260 g/mol. The Kier molecular flexibility index (Phi) is 3.90. The summed E-state index contributed by atoms with van der Waals surface area (Å²) in [6.07, 6.45) is 5.44. The summed E-state index contributed by atoms with van der Waals surface area (Å²) in [5.41, 5.74) is 0.670. The number of allylic oxidation sites excluding steroid dienone is 1. The van der Waals surface area contributed by atoms with Gasteiger partial charge in [-0.1, -0.05) is 6.08 Å². The van der Waals surface area contributed by atoms with E-state index in [4.69, 9.17) is 4.42 Å². The number of hydrogen-bond donors (Lipinski definition) is 2. The Balaban J connectivity index is 2.38. The van der Waals surface area contributed by atoms with Crippen LogP contribution in [0.15, 0.2) is 40.1 Å². The first-order chi connectivity index (χ1) is 9.11. The molecule has 1 aromatic carbocycles. The predicted molar refractivity (Wildman–Crippen MR) is 73.6 cm³/mol. The highest BCUT2D eigenvalue weighted by Crippen LogP contribution is 2.31. The van der Waals surface area contributed by atoms with Crippen molar-refractivity contribution in [3.63, 3.8) is 0 Å². The highest BCUT2D eigenvalue weighted by atomic mass is 16.4. The second kappa shape index (κ2) is 5.61. The summed E-state index contributed by atoms with van der Waals surface area (Å²) in [7, 11) is 0. The van der Waals surface area contributed by atoms with Crippen molar-refractivity contribution in [1.82, 2.24) is 0 Å². The molecule has 0 atom stereocenters. The van der Waals surface area contributed by atoms with Crippen LogP contribution in [0.3, 0.4) is 0 Å². The minimum atomic E-state index is -0.448. The van der Waals surface area contributed by atoms with E-state index in [2.05, 4.69) is 6.58 Å². The van der Waals surface area contributed by atoms with Crippen molar-refractivity contribution in [3.8, 4) is 11.5 Å². The summed E-state index contributed by atoms with van der Waals surface area (Å²) in [4.78, 5) is 11.5. The van der Waals surface area contributed by atoms with E-state index in [9.17, 15) is 15.0 Å². The molecule has 4 nitrogen and oxygen atoms in total. The molecule has 0 bridgehead atoms. The quantitative estimate of drug-likeness (QED) is 0.375. The molecule has 0 unspecified atom stereocenters. The van der Waals surface area contributed by atoms with Gasteiger partial charge in [-0.15, -0.1) is 6.58 Å². The summed E-state index contributed by atoms with van der Waals surface area (Å²) in [5.74, 6) is -0.506. The number of hydrogen-bond acceptors (Lipinski definition) is 4. The molecule has 0 saturated heterocycles. The molecule has 0 amide bonds. The van der Waals surface area contributed by atoms with Gasteiger partial charge in [0.1, 0.15) is 5.58 Å². The smallest absolute Gasteiger partial charge is 0.336 e. The van der Waals surface area contributed by atoms with Crippen molar-refractivity contribution in [2.45, 2.75) is 25.7 Å². The molecule has 2 N–H and O–H groups in total. The lowest BCUT2D eigenvalue weighted by Gasteiger charge is -2.06. The molecule has 0 spiro atoms. The molecule has 0 aliphatic heterocycles. The summed E-state index contributed by atoms with van der Waals surface area (Å²) >= 11 is 0. The van der Waals surface area contributed by atoms with Gasteiger partial charge in [-0.25, -0.2) is 4.79 Å². The maximum absolute atomic E-state index is 11.5. The van der Waals surface area contributed by atoms with Gasteiger partial charge in [-0.2, -0.15) is 0 Å². The molecule has 19 heavy (non-hydrogen) atoms. The molecular formula is C15H16O4. The second-order valence-corrected chi connectivity index (χ2v) is 4.46. The first kappa shape index (κ1) is 13.2. The van der Waals surface area contributed by atoms with Gasteiger partial charge in [0.15, 0.2) is 11.5 Å². The highest BCUT2D eigenvalue weighted by molar-refractivity contribution is 5.83. The van der Waals surface area contributed by atoms with Gasteiger partial charge < -0.3 is 14.6 Å². The van der Waals surface area contributed by atoms with Crippen molar-refractivity contribution >= 4 is 11.0 Å². The lowest BCUT2D eigenvalue weighted by molar-refractivity contribution is 0.403. The normalized spacial score (nSPS) is 10.7. The molecule has 0 aliphatic rings. The Morgan fingerprint density at radius 1 is 1.16 bits per heavy atom. The van der Waals surface area contributed by atoms with E-state index in [0.717, 1.165) is 31.2 Å². The Hall–Kier alpha value is -2.23. The predicted octanol–water partition coefficient (Wildman–Crippen LogP) is 3.10. The zero-order chi connectivity index (χ0) is 13.8. The van der Waals surface area contributed by atoms with Crippen molar-refractivity contribution < 1.29 is 14.6 Å². The second-order valence-electron chi connectivity index (χ2n) is 4.46. The summed E-state index contributed by atoms with van der Waals surface area (Å²) in [6, 6.07) is 4.13. The maximum Gasteiger partial charge on any atom is 0.336 e. The Labute approximate surface area is 110 Å². The molecule has 0 fully saturated rings. The third kappa shape index (κ3) is 2.96. The lowest BCUT2D eigenvalue weighted by Crippen LogP contribution is -2.00. The van der Waals surface area contributed by atoms with E-state index < -0.39 is 5.63 Å². The van der Waals surface area contributed by atoms with Crippen LogP contribution in [0.1, 0.15) is 24.8 Å². The van der Waals surface area contributed by atoms with Gasteiger partial charge in [0.05, 0.1) is 0 Å². The number of aromatic hydroxyl groups is 2. The molecule has 100 valence electrons. The number of rotatable bonds is 5. The zero-order valence-corrected chi connectivity index (χ0v) is 10.6. The number of phenolic OH excluding ortho intramolecular Hbond substituents is 2. The van der Waals surface area contributed by atoms with Crippen LogP contribution in [0.2, 0.25) is 0 Å². The molecular weight excluding hydrogens is 244 g/mol. The number of aryl methyl sites for hydroxylation is 1. The summed E-state index contributed by atoms with van der Waals surface area (Å²) in [6.45, 7) is 3.66. The van der Waals surface area contributed by atoms with E-state index in [-0.39, 0.29) is 11.5 Å². The summed E-state index contributed by atoms with van der Waals surface area (Å²) in [5, 5.41) is 19.6. The maximum atomic E-state index is 11.5. The van der Waals surface area contributed by atoms with Crippen molar-refractivity contribution in [3.05, 3.63) is 46.8 Å². The number of fused-ring (bicyclic) bond motifs is 1. The molecule has 1 aromatic heterocycles. The van der Waals surface area contributed by atoms with Crippen LogP contribution in [0, 0.1) is 0 Å². The zero-order valence-electron chi connectivity index (χ0n) is 10.6. The minimum absolute atomic E-state index is 0.214. The van der Waals surface area contributed by atoms with Crippen LogP contribution >= 0.6 is 0 Å². The Morgan fingerprint density at radius 3 is 2.63 bits per heavy atom. The fourth-order valence-electron chi connectivity index (χ4n) is 2.06. The van der Waals surface area contributed by atoms with E-state index in [1.54, 1.807) is 0 Å². The van der Waals surface area contributed by atoms with Crippen LogP contribution < -0.4 is 5.63 Å². The number of benzene rings is 1. The standard InChI is InChI=1S/C15H16O4/c1-2-3-4-5-6-10-7-15(18)19-14-9-13(17)12(16)8-11(10)14/h2,7-9,16-17H,1,3-6H2. The van der Waals surface area contributed by atoms with Crippen molar-refractivity contribution in [2.75, 3.05) is 0 Å². The summed E-state index contributed by atoms with van der Waals surface area (Å²) < 4.78 is 5.02. The largest absolute Gasteiger partial charge is 0.504 e. The number of phenols is 2. The molecule has 2 aromatic rings. The number of unbranched alkanes of at least 4 members (excludes halogenated alkanes) is 2. The van der Waals surface area contributed by atoms with Gasteiger partial charge >= 0.3 is 5.63 Å². The van der Waals surface area contributed by atoms with Crippen molar-refractivity contribution in [1.29, 1.82) is 0 Å². The fraction of sp³-hybridized carbons (Fsp3) is 0.267. The third-order valence-corrected chi connectivity index (χ3v) is 3.03. The third-order valence-electron chi connectivity index (χ3n) is 3.03. The Bertz CT molecular complexity index is 655. The van der Waals surface area contributed by atoms with E-state index in [1.165, 1.54) is 18.2 Å². The first-order valence-electron chi connectivity index (χ1n) is 6.21. The van der Waals surface area contributed by atoms with Gasteiger partial charge in [0.25, 0.3) is 0 Å². The van der Waals surface area contributed by atoms with Crippen molar-refractivity contribution in [2.24, 2.45) is 0 Å². The van der Waals surface area contributed by atoms with Crippen LogP contribution in [-0.4, -0.2) is 10.2 Å². The highest BCUT2D eigenvalue weighted by Gasteiger charge is 2.09. The molecule has 4 heteroatoms. The molecule has 1 heterocycles. The van der Waals surface area contributed by atoms with Gasteiger partial charge in [0, 0.05) is 17.5 Å². The topological polar surface area (TPSA) is 70.7 Å². The molecule has 0 saturated carbocycles. The van der Waals surface area contributed by atoms with Gasteiger partial charge in [0.2, 0.25) is 0 Å². The average Bonchev–Trinajstić information content (AvgIpc) is 2.36. The SMILES string of the molecule is C=CCCCCc1cc(=O)oc2cc(O)c(O)cc12. The fourth-order valence-corrected chi connectivity index (χ4v) is 2.06. The van der Waals surface area contributed by atoms with Crippen LogP contribution in [-0.2, 0) is 6.42 Å². The van der Waals surface area contributed by atoms with Gasteiger partial charge in [-0.05, 0) is 37.3 Å². The Morgan fingerprint density at radius 2 is 1.89 bits per heavy atom. The van der Waals surface area contributed by atoms with Gasteiger partial charge in [-0.3, -0.25) is 0 Å². The van der Waals surface area contributed by atoms with Crippen LogP contribution in [0.5, 0.6) is 11.5 Å². The van der Waals surface area contributed by atoms with E-state index in [1.807, 2.05) is 6.08 Å². The molecule has 0 radical (unpaired) electrons. The average molecular weight is 260 g/mol. The van der Waals surface area contributed by atoms with Crippen LogP contribution in [0.25, 0.3) is 11.0 Å². The van der Waals surface area contributed by atoms with E-state index >= 15 is 0 Å². The van der Waals surface area contributed by atoms with Crippen LogP contribution in [0.4, 0.5) is 0 Å². The minimum Gasteiger partial charge on any atom is -0.504 e. The lowest BCUT2D eigenvalue weighted by atomic mass is 10.0.